The molecule has 0 aromatic heterocycles. The van der Waals surface area contributed by atoms with E-state index in [2.05, 4.69) is 46.6 Å². The number of hydrogen-bond acceptors (Lipinski definition) is 3. The molecule has 1 atom stereocenters. The molecule has 1 saturated heterocycles. The van der Waals surface area contributed by atoms with Gasteiger partial charge in [-0.1, -0.05) is 41.9 Å². The summed E-state index contributed by atoms with van der Waals surface area (Å²) >= 11 is 6.08. The Morgan fingerprint density at radius 1 is 1.21 bits per heavy atom. The van der Waals surface area contributed by atoms with Crippen molar-refractivity contribution in [2.75, 3.05) is 31.5 Å². The first-order valence-electron chi connectivity index (χ1n) is 8.44. The number of anilines is 1. The van der Waals surface area contributed by atoms with Crippen molar-refractivity contribution >= 4 is 17.3 Å². The number of rotatable bonds is 6. The molecule has 0 amide bonds. The van der Waals surface area contributed by atoms with Gasteiger partial charge in [0.1, 0.15) is 6.07 Å². The van der Waals surface area contributed by atoms with Crippen LogP contribution in [0.4, 0.5) is 5.69 Å². The van der Waals surface area contributed by atoms with Crippen LogP contribution in [0, 0.1) is 17.2 Å². The van der Waals surface area contributed by atoms with E-state index < -0.39 is 0 Å². The Morgan fingerprint density at radius 3 is 2.79 bits per heavy atom. The Labute approximate surface area is 148 Å². The lowest BCUT2D eigenvalue weighted by atomic mass is 10.1. The molecule has 3 rings (SSSR count). The molecule has 1 N–H and O–H groups in total. The molecular weight excluding hydrogens is 318 g/mol. The Bertz CT molecular complexity index is 709. The van der Waals surface area contributed by atoms with Gasteiger partial charge in [-0.3, -0.25) is 0 Å². The predicted octanol–water partition coefficient (Wildman–Crippen LogP) is 4.19. The van der Waals surface area contributed by atoms with E-state index in [1.54, 1.807) is 6.07 Å². The average Bonchev–Trinajstić information content (AvgIpc) is 3.07. The highest BCUT2D eigenvalue weighted by atomic mass is 35.5. The summed E-state index contributed by atoms with van der Waals surface area (Å²) in [6, 6.07) is 18.3. The average molecular weight is 340 g/mol. The monoisotopic (exact) mass is 339 g/mol. The number of nitriles is 1. The van der Waals surface area contributed by atoms with Crippen molar-refractivity contribution in [2.45, 2.75) is 12.8 Å². The zero-order valence-corrected chi connectivity index (χ0v) is 14.5. The van der Waals surface area contributed by atoms with Crippen LogP contribution in [0.3, 0.4) is 0 Å². The van der Waals surface area contributed by atoms with Gasteiger partial charge in [0, 0.05) is 25.3 Å². The molecule has 0 aliphatic carbocycles. The minimum atomic E-state index is 0.512. The maximum atomic E-state index is 8.91. The van der Waals surface area contributed by atoms with Gasteiger partial charge < -0.3 is 10.2 Å². The van der Waals surface area contributed by atoms with E-state index in [0.29, 0.717) is 16.5 Å². The summed E-state index contributed by atoms with van der Waals surface area (Å²) in [6.45, 7) is 4.39. The molecule has 0 saturated carbocycles. The van der Waals surface area contributed by atoms with E-state index in [0.717, 1.165) is 31.7 Å². The summed E-state index contributed by atoms with van der Waals surface area (Å²) in [7, 11) is 0. The second-order valence-corrected chi connectivity index (χ2v) is 6.79. The van der Waals surface area contributed by atoms with Crippen molar-refractivity contribution in [2.24, 2.45) is 5.92 Å². The van der Waals surface area contributed by atoms with Gasteiger partial charge in [0.05, 0.1) is 10.6 Å². The number of halogens is 1. The van der Waals surface area contributed by atoms with E-state index in [9.17, 15) is 0 Å². The quantitative estimate of drug-likeness (QED) is 0.857. The number of benzene rings is 2. The van der Waals surface area contributed by atoms with Crippen molar-refractivity contribution in [3.8, 4) is 6.07 Å². The van der Waals surface area contributed by atoms with E-state index in [4.69, 9.17) is 16.9 Å². The van der Waals surface area contributed by atoms with Gasteiger partial charge >= 0.3 is 0 Å². The number of likely N-dealkylation sites (tertiary alicyclic amines) is 1. The smallest absolute Gasteiger partial charge is 0.101 e. The first-order valence-corrected chi connectivity index (χ1v) is 8.82. The molecule has 0 radical (unpaired) electrons. The van der Waals surface area contributed by atoms with Crippen LogP contribution >= 0.6 is 11.6 Å². The molecule has 0 bridgehead atoms. The summed E-state index contributed by atoms with van der Waals surface area (Å²) in [5.41, 5.74) is 2.92. The summed E-state index contributed by atoms with van der Waals surface area (Å²) in [5.74, 6) is 0.662. The first kappa shape index (κ1) is 16.8. The van der Waals surface area contributed by atoms with E-state index in [1.165, 1.54) is 18.5 Å². The van der Waals surface area contributed by atoms with E-state index in [1.807, 2.05) is 12.1 Å². The third kappa shape index (κ3) is 4.50. The normalized spacial score (nSPS) is 17.6. The lowest BCUT2D eigenvalue weighted by Crippen LogP contribution is -2.25. The molecule has 4 heteroatoms. The highest BCUT2D eigenvalue weighted by Gasteiger charge is 2.21. The SMILES string of the molecule is N#Cc1ccc(NCC2CCN(CCc3ccccc3)C2)cc1Cl. The minimum Gasteiger partial charge on any atom is -0.385 e. The van der Waals surface area contributed by atoms with Crippen molar-refractivity contribution < 1.29 is 0 Å². The molecular formula is C20H22ClN3. The largest absolute Gasteiger partial charge is 0.385 e. The van der Waals surface area contributed by atoms with Crippen LogP contribution in [0.2, 0.25) is 5.02 Å². The second kappa shape index (κ2) is 8.19. The fraction of sp³-hybridized carbons (Fsp3) is 0.350. The molecule has 1 unspecified atom stereocenters. The maximum absolute atomic E-state index is 8.91. The summed E-state index contributed by atoms with van der Waals surface area (Å²) in [4.78, 5) is 2.55. The molecule has 1 aliphatic rings. The fourth-order valence-corrected chi connectivity index (χ4v) is 3.42. The summed E-state index contributed by atoms with van der Waals surface area (Å²) < 4.78 is 0. The molecule has 1 heterocycles. The number of hydrogen-bond donors (Lipinski definition) is 1. The van der Waals surface area contributed by atoms with Gasteiger partial charge in [-0.2, -0.15) is 5.26 Å². The van der Waals surface area contributed by atoms with Crippen LogP contribution in [0.5, 0.6) is 0 Å². The maximum Gasteiger partial charge on any atom is 0.101 e. The second-order valence-electron chi connectivity index (χ2n) is 6.38. The van der Waals surface area contributed by atoms with Crippen LogP contribution in [0.1, 0.15) is 17.5 Å². The van der Waals surface area contributed by atoms with Gasteiger partial charge in [-0.05, 0) is 49.1 Å². The molecule has 0 spiro atoms. The van der Waals surface area contributed by atoms with Crippen molar-refractivity contribution in [1.82, 2.24) is 4.90 Å². The summed E-state index contributed by atoms with van der Waals surface area (Å²) in [6.07, 6.45) is 2.35. The van der Waals surface area contributed by atoms with Crippen molar-refractivity contribution in [3.63, 3.8) is 0 Å². The molecule has 1 aliphatic heterocycles. The van der Waals surface area contributed by atoms with Crippen LogP contribution in [-0.4, -0.2) is 31.1 Å². The third-order valence-corrected chi connectivity index (χ3v) is 4.93. The zero-order valence-electron chi connectivity index (χ0n) is 13.7. The lowest BCUT2D eigenvalue weighted by molar-refractivity contribution is 0.330. The van der Waals surface area contributed by atoms with Crippen LogP contribution in [0.25, 0.3) is 0 Å². The minimum absolute atomic E-state index is 0.512. The Morgan fingerprint density at radius 2 is 2.04 bits per heavy atom. The van der Waals surface area contributed by atoms with E-state index in [-0.39, 0.29) is 0 Å². The van der Waals surface area contributed by atoms with E-state index >= 15 is 0 Å². The Kier molecular flexibility index (Phi) is 5.74. The first-order chi connectivity index (χ1) is 11.7. The molecule has 124 valence electrons. The number of nitrogens with zero attached hydrogens (tertiary/aromatic N) is 2. The number of nitrogens with one attached hydrogen (secondary N) is 1. The van der Waals surface area contributed by atoms with Crippen LogP contribution in [0.15, 0.2) is 48.5 Å². The lowest BCUT2D eigenvalue weighted by Gasteiger charge is -2.16. The molecule has 1 fully saturated rings. The van der Waals surface area contributed by atoms with Gasteiger partial charge in [-0.15, -0.1) is 0 Å². The zero-order chi connectivity index (χ0) is 16.8. The topological polar surface area (TPSA) is 39.1 Å². The molecule has 24 heavy (non-hydrogen) atoms. The van der Waals surface area contributed by atoms with Crippen LogP contribution in [-0.2, 0) is 6.42 Å². The van der Waals surface area contributed by atoms with Gasteiger partial charge in [0.25, 0.3) is 0 Å². The molecule has 2 aromatic carbocycles. The standard InChI is InChI=1S/C20H22ClN3/c21-20-12-19(7-6-18(20)13-22)23-14-17-9-11-24(15-17)10-8-16-4-2-1-3-5-16/h1-7,12,17,23H,8-11,14-15H2. The van der Waals surface area contributed by atoms with Crippen molar-refractivity contribution in [1.29, 1.82) is 5.26 Å². The van der Waals surface area contributed by atoms with Gasteiger partial charge in [-0.25, -0.2) is 0 Å². The van der Waals surface area contributed by atoms with Crippen molar-refractivity contribution in [3.05, 3.63) is 64.7 Å². The molecule has 3 nitrogen and oxygen atoms in total. The highest BCUT2D eigenvalue weighted by molar-refractivity contribution is 6.32. The Hall–Kier alpha value is -2.02. The Balaban J connectivity index is 1.43. The van der Waals surface area contributed by atoms with Crippen LogP contribution < -0.4 is 5.32 Å². The highest BCUT2D eigenvalue weighted by Crippen LogP contribution is 2.22. The predicted molar refractivity (Wildman–Crippen MR) is 99.3 cm³/mol. The fourth-order valence-electron chi connectivity index (χ4n) is 3.19. The summed E-state index contributed by atoms with van der Waals surface area (Å²) in [5, 5.41) is 12.9. The van der Waals surface area contributed by atoms with Gasteiger partial charge in [0.2, 0.25) is 0 Å². The van der Waals surface area contributed by atoms with Gasteiger partial charge in [0.15, 0.2) is 0 Å². The third-order valence-electron chi connectivity index (χ3n) is 4.61. The molecule has 2 aromatic rings.